The highest BCUT2D eigenvalue weighted by atomic mass is 16.5. The first-order valence-electron chi connectivity index (χ1n) is 7.18. The molecule has 4 nitrogen and oxygen atoms in total. The molecule has 1 rings (SSSR count). The molecular weight excluding hydrogens is 266 g/mol. The minimum absolute atomic E-state index is 0.352. The highest BCUT2D eigenvalue weighted by Crippen LogP contribution is 2.20. The van der Waals surface area contributed by atoms with E-state index in [2.05, 4.69) is 25.7 Å². The van der Waals surface area contributed by atoms with Gasteiger partial charge in [-0.15, -0.1) is 0 Å². The average molecular weight is 291 g/mol. The van der Waals surface area contributed by atoms with Crippen molar-refractivity contribution >= 4 is 0 Å². The van der Waals surface area contributed by atoms with Crippen LogP contribution in [0.4, 0.5) is 0 Å². The predicted molar refractivity (Wildman–Crippen MR) is 84.2 cm³/mol. The lowest BCUT2D eigenvalue weighted by atomic mass is 10.1. The molecule has 0 spiro atoms. The Hall–Kier alpha value is -1.54. The Morgan fingerprint density at radius 1 is 1.19 bits per heavy atom. The second kappa shape index (κ2) is 10.2. The van der Waals surface area contributed by atoms with Gasteiger partial charge in [0.05, 0.1) is 33.5 Å². The fourth-order valence-electron chi connectivity index (χ4n) is 1.74. The maximum absolute atomic E-state index is 5.63. The van der Waals surface area contributed by atoms with Gasteiger partial charge >= 0.3 is 0 Å². The van der Waals surface area contributed by atoms with Crippen LogP contribution in [-0.2, 0) is 16.1 Å². The third-order valence-electron chi connectivity index (χ3n) is 2.70. The van der Waals surface area contributed by atoms with E-state index in [1.54, 1.807) is 7.11 Å². The minimum atomic E-state index is 0.352. The molecule has 0 bridgehead atoms. The molecule has 0 saturated heterocycles. The Morgan fingerprint density at radius 3 is 2.62 bits per heavy atom. The van der Waals surface area contributed by atoms with Crippen LogP contribution in [0.25, 0.3) is 0 Å². The van der Waals surface area contributed by atoms with Crippen molar-refractivity contribution in [1.82, 2.24) is 0 Å². The summed E-state index contributed by atoms with van der Waals surface area (Å²) in [6.45, 7) is 7.01. The third kappa shape index (κ3) is 7.14. The molecular formula is C17H25NO3. The first-order chi connectivity index (χ1) is 10.2. The van der Waals surface area contributed by atoms with Crippen molar-refractivity contribution in [1.29, 1.82) is 0 Å². The van der Waals surface area contributed by atoms with Crippen LogP contribution in [0.3, 0.4) is 0 Å². The summed E-state index contributed by atoms with van der Waals surface area (Å²) in [7, 11) is 1.65. The van der Waals surface area contributed by atoms with Gasteiger partial charge in [-0.1, -0.05) is 25.7 Å². The highest BCUT2D eigenvalue weighted by molar-refractivity contribution is 5.44. The van der Waals surface area contributed by atoms with Crippen LogP contribution in [0.15, 0.2) is 18.2 Å². The zero-order valence-corrected chi connectivity index (χ0v) is 13.1. The fourth-order valence-corrected chi connectivity index (χ4v) is 1.74. The van der Waals surface area contributed by atoms with E-state index in [9.17, 15) is 0 Å². The molecule has 0 aromatic heterocycles. The van der Waals surface area contributed by atoms with Crippen molar-refractivity contribution < 1.29 is 14.2 Å². The van der Waals surface area contributed by atoms with Gasteiger partial charge in [0.25, 0.3) is 0 Å². The number of rotatable bonds is 8. The van der Waals surface area contributed by atoms with E-state index in [1.165, 1.54) is 0 Å². The van der Waals surface area contributed by atoms with E-state index >= 15 is 0 Å². The van der Waals surface area contributed by atoms with Crippen LogP contribution in [-0.4, -0.2) is 33.5 Å². The summed E-state index contributed by atoms with van der Waals surface area (Å²) in [4.78, 5) is 0. The maximum atomic E-state index is 5.63. The second-order valence-corrected chi connectivity index (χ2v) is 5.05. The number of hydrogen-bond donors (Lipinski definition) is 1. The van der Waals surface area contributed by atoms with Crippen molar-refractivity contribution in [3.63, 3.8) is 0 Å². The van der Waals surface area contributed by atoms with E-state index in [0.29, 0.717) is 32.3 Å². The predicted octanol–water partition coefficient (Wildman–Crippen LogP) is 2.19. The highest BCUT2D eigenvalue weighted by Gasteiger charge is 2.04. The molecule has 0 fully saturated rings. The summed E-state index contributed by atoms with van der Waals surface area (Å²) in [6, 6.07) is 5.78. The van der Waals surface area contributed by atoms with Crippen molar-refractivity contribution in [3.05, 3.63) is 29.3 Å². The van der Waals surface area contributed by atoms with Gasteiger partial charge in [-0.05, 0) is 24.1 Å². The Balaban J connectivity index is 2.48. The molecule has 1 aromatic rings. The molecule has 0 aliphatic rings. The average Bonchev–Trinajstić information content (AvgIpc) is 2.48. The number of methoxy groups -OCH3 is 1. The number of hydrogen-bond acceptors (Lipinski definition) is 4. The number of benzene rings is 1. The van der Waals surface area contributed by atoms with Gasteiger partial charge < -0.3 is 19.9 Å². The number of ether oxygens (including phenoxy) is 3. The van der Waals surface area contributed by atoms with Crippen LogP contribution in [0.1, 0.15) is 25.0 Å². The Bertz CT molecular complexity index is 475. The summed E-state index contributed by atoms with van der Waals surface area (Å²) in [6.07, 6.45) is 0. The van der Waals surface area contributed by atoms with Gasteiger partial charge in [0.2, 0.25) is 0 Å². The molecule has 0 saturated carbocycles. The molecule has 1 aromatic carbocycles. The van der Waals surface area contributed by atoms with Crippen molar-refractivity contribution in [2.24, 2.45) is 11.7 Å². The van der Waals surface area contributed by atoms with Gasteiger partial charge in [-0.2, -0.15) is 0 Å². The summed E-state index contributed by atoms with van der Waals surface area (Å²) >= 11 is 0. The normalized spacial score (nSPS) is 10.3. The van der Waals surface area contributed by atoms with Gasteiger partial charge in [0.15, 0.2) is 0 Å². The summed E-state index contributed by atoms with van der Waals surface area (Å²) < 4.78 is 16.4. The van der Waals surface area contributed by atoms with Crippen molar-refractivity contribution in [3.8, 4) is 17.6 Å². The Labute approximate surface area is 127 Å². The van der Waals surface area contributed by atoms with E-state index < -0.39 is 0 Å². The van der Waals surface area contributed by atoms with E-state index in [1.807, 2.05) is 18.2 Å². The van der Waals surface area contributed by atoms with Crippen molar-refractivity contribution in [2.45, 2.75) is 20.5 Å². The molecule has 116 valence electrons. The van der Waals surface area contributed by atoms with E-state index in [4.69, 9.17) is 19.9 Å². The van der Waals surface area contributed by atoms with E-state index in [-0.39, 0.29) is 0 Å². The standard InChI is InChI=1S/C17H25NO3/c1-14(2)12-20-9-10-21-13-16-11-15(5-4-8-18)6-7-17(16)19-3/h6-7,11,14H,8-10,12-13,18H2,1-3H3. The molecule has 0 aliphatic carbocycles. The topological polar surface area (TPSA) is 53.7 Å². The van der Waals surface area contributed by atoms with Crippen LogP contribution in [0.2, 0.25) is 0 Å². The second-order valence-electron chi connectivity index (χ2n) is 5.05. The summed E-state index contributed by atoms with van der Waals surface area (Å²) in [5, 5.41) is 0. The third-order valence-corrected chi connectivity index (χ3v) is 2.70. The zero-order valence-electron chi connectivity index (χ0n) is 13.1. The number of nitrogens with two attached hydrogens (primary N) is 1. The Morgan fingerprint density at radius 2 is 1.95 bits per heavy atom. The smallest absolute Gasteiger partial charge is 0.124 e. The fraction of sp³-hybridized carbons (Fsp3) is 0.529. The minimum Gasteiger partial charge on any atom is -0.496 e. The monoisotopic (exact) mass is 291 g/mol. The molecule has 0 amide bonds. The molecule has 0 unspecified atom stereocenters. The molecule has 2 N–H and O–H groups in total. The zero-order chi connectivity index (χ0) is 15.5. The van der Waals surface area contributed by atoms with Crippen LogP contribution in [0, 0.1) is 17.8 Å². The van der Waals surface area contributed by atoms with Gasteiger partial charge in [-0.25, -0.2) is 0 Å². The van der Waals surface area contributed by atoms with Crippen LogP contribution in [0.5, 0.6) is 5.75 Å². The summed E-state index contributed by atoms with van der Waals surface area (Å²) in [5.74, 6) is 7.19. The largest absolute Gasteiger partial charge is 0.496 e. The van der Waals surface area contributed by atoms with Crippen LogP contribution >= 0.6 is 0 Å². The molecule has 0 radical (unpaired) electrons. The van der Waals surface area contributed by atoms with Crippen LogP contribution < -0.4 is 10.5 Å². The lowest BCUT2D eigenvalue weighted by Gasteiger charge is -2.10. The van der Waals surface area contributed by atoms with E-state index in [0.717, 1.165) is 23.5 Å². The lowest BCUT2D eigenvalue weighted by molar-refractivity contribution is 0.0309. The maximum Gasteiger partial charge on any atom is 0.124 e. The summed E-state index contributed by atoms with van der Waals surface area (Å²) in [5.41, 5.74) is 7.27. The van der Waals surface area contributed by atoms with Gasteiger partial charge in [-0.3, -0.25) is 0 Å². The first-order valence-corrected chi connectivity index (χ1v) is 7.18. The molecule has 0 aliphatic heterocycles. The quantitative estimate of drug-likeness (QED) is 0.589. The molecule has 21 heavy (non-hydrogen) atoms. The van der Waals surface area contributed by atoms with Crippen molar-refractivity contribution in [2.75, 3.05) is 33.5 Å². The first kappa shape index (κ1) is 17.5. The molecule has 4 heteroatoms. The lowest BCUT2D eigenvalue weighted by Crippen LogP contribution is -2.08. The van der Waals surface area contributed by atoms with Gasteiger partial charge in [0, 0.05) is 17.7 Å². The molecule has 0 atom stereocenters. The van der Waals surface area contributed by atoms with Gasteiger partial charge in [0.1, 0.15) is 5.75 Å². The SMILES string of the molecule is COc1ccc(C#CCN)cc1COCCOCC(C)C. The molecule has 0 heterocycles. The Kier molecular flexibility index (Phi) is 8.53.